The fourth-order valence-electron chi connectivity index (χ4n) is 1.56. The lowest BCUT2D eigenvalue weighted by Gasteiger charge is -2.12. The van der Waals surface area contributed by atoms with Gasteiger partial charge in [0.2, 0.25) is 10.0 Å². The fourth-order valence-corrected chi connectivity index (χ4v) is 2.55. The number of hydrogen-bond donors (Lipinski definition) is 3. The SMILES string of the molecule is Nc1ccc(S(N)(=O)=O)cc1Nc1ccc(Cl)cc1Cl. The Kier molecular flexibility index (Phi) is 4.10. The zero-order valence-corrected chi connectivity index (χ0v) is 12.4. The lowest BCUT2D eigenvalue weighted by molar-refractivity contribution is 0.598. The van der Waals surface area contributed by atoms with Crippen LogP contribution < -0.4 is 16.2 Å². The van der Waals surface area contributed by atoms with Gasteiger partial charge in [-0.2, -0.15) is 0 Å². The minimum Gasteiger partial charge on any atom is -0.397 e. The van der Waals surface area contributed by atoms with Gasteiger partial charge in [-0.1, -0.05) is 23.2 Å². The number of sulfonamides is 1. The molecule has 0 saturated heterocycles. The third-order valence-corrected chi connectivity index (χ3v) is 4.01. The van der Waals surface area contributed by atoms with Crippen molar-refractivity contribution in [2.45, 2.75) is 4.90 Å². The van der Waals surface area contributed by atoms with E-state index < -0.39 is 10.0 Å². The number of hydrogen-bond acceptors (Lipinski definition) is 4. The van der Waals surface area contributed by atoms with Crippen LogP contribution in [0.3, 0.4) is 0 Å². The van der Waals surface area contributed by atoms with Crippen molar-refractivity contribution in [2.24, 2.45) is 5.14 Å². The lowest BCUT2D eigenvalue weighted by Crippen LogP contribution is -2.12. The molecule has 5 N–H and O–H groups in total. The fraction of sp³-hybridized carbons (Fsp3) is 0. The minimum atomic E-state index is -3.80. The molecule has 0 aromatic heterocycles. The normalized spacial score (nSPS) is 11.3. The zero-order valence-electron chi connectivity index (χ0n) is 10.1. The maximum Gasteiger partial charge on any atom is 0.238 e. The second-order valence-corrected chi connectivity index (χ2v) is 6.45. The summed E-state index contributed by atoms with van der Waals surface area (Å²) >= 11 is 11.8. The molecule has 20 heavy (non-hydrogen) atoms. The van der Waals surface area contributed by atoms with Gasteiger partial charge in [0.05, 0.1) is 27.0 Å². The Balaban J connectivity index is 2.43. The molecule has 2 aromatic carbocycles. The minimum absolute atomic E-state index is 0.0423. The van der Waals surface area contributed by atoms with Crippen LogP contribution in [0.1, 0.15) is 0 Å². The highest BCUT2D eigenvalue weighted by Crippen LogP contribution is 2.31. The Hall–Kier alpha value is -1.47. The van der Waals surface area contributed by atoms with E-state index >= 15 is 0 Å². The Morgan fingerprint density at radius 3 is 2.30 bits per heavy atom. The van der Waals surface area contributed by atoms with Crippen LogP contribution in [0.15, 0.2) is 41.3 Å². The molecule has 0 saturated carbocycles. The van der Waals surface area contributed by atoms with Crippen molar-refractivity contribution in [3.05, 3.63) is 46.4 Å². The predicted molar refractivity (Wildman–Crippen MR) is 82.0 cm³/mol. The van der Waals surface area contributed by atoms with Gasteiger partial charge in [-0.25, -0.2) is 13.6 Å². The molecule has 0 radical (unpaired) electrons. The van der Waals surface area contributed by atoms with Crippen molar-refractivity contribution in [1.82, 2.24) is 0 Å². The van der Waals surface area contributed by atoms with E-state index in [2.05, 4.69) is 5.32 Å². The van der Waals surface area contributed by atoms with Crippen LogP contribution >= 0.6 is 23.2 Å². The average Bonchev–Trinajstić information content (AvgIpc) is 2.33. The summed E-state index contributed by atoms with van der Waals surface area (Å²) in [4.78, 5) is -0.0423. The first-order chi connectivity index (χ1) is 9.27. The monoisotopic (exact) mass is 331 g/mol. The Morgan fingerprint density at radius 2 is 1.70 bits per heavy atom. The average molecular weight is 332 g/mol. The third-order valence-electron chi connectivity index (χ3n) is 2.55. The van der Waals surface area contributed by atoms with Gasteiger partial charge in [-0.05, 0) is 36.4 Å². The van der Waals surface area contributed by atoms with Crippen LogP contribution in [0, 0.1) is 0 Å². The van der Waals surface area contributed by atoms with Gasteiger partial charge in [0.15, 0.2) is 0 Å². The molecule has 0 unspecified atom stereocenters. The molecule has 2 aromatic rings. The summed E-state index contributed by atoms with van der Waals surface area (Å²) in [6, 6.07) is 9.00. The Morgan fingerprint density at radius 1 is 1.00 bits per heavy atom. The van der Waals surface area contributed by atoms with Gasteiger partial charge in [0.25, 0.3) is 0 Å². The molecule has 0 spiro atoms. The van der Waals surface area contributed by atoms with Crippen LogP contribution in [0.2, 0.25) is 10.0 Å². The molecule has 5 nitrogen and oxygen atoms in total. The van der Waals surface area contributed by atoms with Gasteiger partial charge < -0.3 is 11.1 Å². The Bertz CT molecular complexity index is 763. The van der Waals surface area contributed by atoms with Gasteiger partial charge in [-0.3, -0.25) is 0 Å². The maximum absolute atomic E-state index is 11.3. The molecule has 0 fully saturated rings. The molecular formula is C12H11Cl2N3O2S. The van der Waals surface area contributed by atoms with Crippen molar-refractivity contribution in [3.63, 3.8) is 0 Å². The molecule has 0 aliphatic heterocycles. The van der Waals surface area contributed by atoms with Gasteiger partial charge in [0.1, 0.15) is 0 Å². The predicted octanol–water partition coefficient (Wildman–Crippen LogP) is 2.97. The second kappa shape index (κ2) is 5.49. The second-order valence-electron chi connectivity index (χ2n) is 4.04. The van der Waals surface area contributed by atoms with Crippen LogP contribution in [0.25, 0.3) is 0 Å². The maximum atomic E-state index is 11.3. The summed E-state index contributed by atoms with van der Waals surface area (Å²) < 4.78 is 22.7. The van der Waals surface area contributed by atoms with E-state index in [1.807, 2.05) is 0 Å². The number of rotatable bonds is 3. The standard InChI is InChI=1S/C12H11Cl2N3O2S/c13-7-1-4-11(9(14)5-7)17-12-6-8(20(16,18)19)2-3-10(12)15/h1-6,17H,15H2,(H2,16,18,19). The van der Waals surface area contributed by atoms with Crippen molar-refractivity contribution in [1.29, 1.82) is 0 Å². The number of nitrogens with two attached hydrogens (primary N) is 2. The first-order valence-electron chi connectivity index (χ1n) is 5.42. The van der Waals surface area contributed by atoms with Gasteiger partial charge in [0, 0.05) is 5.02 Å². The highest BCUT2D eigenvalue weighted by molar-refractivity contribution is 7.89. The number of benzene rings is 2. The molecular weight excluding hydrogens is 321 g/mol. The molecule has 0 atom stereocenters. The third kappa shape index (κ3) is 3.34. The van der Waals surface area contributed by atoms with E-state index in [9.17, 15) is 8.42 Å². The van der Waals surface area contributed by atoms with Gasteiger partial charge in [-0.15, -0.1) is 0 Å². The van der Waals surface area contributed by atoms with Crippen molar-refractivity contribution in [3.8, 4) is 0 Å². The van der Waals surface area contributed by atoms with E-state index in [0.29, 0.717) is 27.1 Å². The van der Waals surface area contributed by atoms with Gasteiger partial charge >= 0.3 is 0 Å². The number of primary sulfonamides is 1. The van der Waals surface area contributed by atoms with Crippen molar-refractivity contribution in [2.75, 3.05) is 11.1 Å². The van der Waals surface area contributed by atoms with Crippen LogP contribution in [-0.2, 0) is 10.0 Å². The van der Waals surface area contributed by atoms with E-state index in [1.165, 1.54) is 18.2 Å². The smallest absolute Gasteiger partial charge is 0.238 e. The first-order valence-corrected chi connectivity index (χ1v) is 7.72. The lowest BCUT2D eigenvalue weighted by atomic mass is 10.2. The molecule has 0 aliphatic carbocycles. The zero-order chi connectivity index (χ0) is 14.9. The summed E-state index contributed by atoms with van der Waals surface area (Å²) in [6.45, 7) is 0. The van der Waals surface area contributed by atoms with Crippen LogP contribution in [-0.4, -0.2) is 8.42 Å². The number of nitrogen functional groups attached to an aromatic ring is 1. The van der Waals surface area contributed by atoms with E-state index in [-0.39, 0.29) is 4.90 Å². The van der Waals surface area contributed by atoms with Crippen molar-refractivity contribution < 1.29 is 8.42 Å². The molecule has 106 valence electrons. The topological polar surface area (TPSA) is 98.2 Å². The van der Waals surface area contributed by atoms with Crippen molar-refractivity contribution >= 4 is 50.3 Å². The highest BCUT2D eigenvalue weighted by atomic mass is 35.5. The highest BCUT2D eigenvalue weighted by Gasteiger charge is 2.11. The van der Waals surface area contributed by atoms with E-state index in [0.717, 1.165) is 0 Å². The summed E-state index contributed by atoms with van der Waals surface area (Å²) in [5.74, 6) is 0. The molecule has 0 amide bonds. The Labute approximate surface area is 126 Å². The first kappa shape index (κ1) is 14.9. The molecule has 8 heteroatoms. The number of halogens is 2. The number of anilines is 3. The molecule has 0 bridgehead atoms. The summed E-state index contributed by atoms with van der Waals surface area (Å²) in [5, 5.41) is 8.90. The molecule has 0 heterocycles. The molecule has 0 aliphatic rings. The van der Waals surface area contributed by atoms with E-state index in [1.54, 1.807) is 18.2 Å². The quantitative estimate of drug-likeness (QED) is 0.753. The van der Waals surface area contributed by atoms with E-state index in [4.69, 9.17) is 34.1 Å². The summed E-state index contributed by atoms with van der Waals surface area (Å²) in [6.07, 6.45) is 0. The van der Waals surface area contributed by atoms with Crippen LogP contribution in [0.5, 0.6) is 0 Å². The van der Waals surface area contributed by atoms with Crippen LogP contribution in [0.4, 0.5) is 17.1 Å². The largest absolute Gasteiger partial charge is 0.397 e. The summed E-state index contributed by atoms with van der Waals surface area (Å²) in [5.41, 5.74) is 7.10. The summed E-state index contributed by atoms with van der Waals surface area (Å²) in [7, 11) is -3.80. The number of nitrogens with one attached hydrogen (secondary N) is 1. The molecule has 2 rings (SSSR count).